The molecule has 6 heteroatoms. The lowest BCUT2D eigenvalue weighted by Crippen LogP contribution is -2.10. The quantitative estimate of drug-likeness (QED) is 0.713. The van der Waals surface area contributed by atoms with Gasteiger partial charge in [0.15, 0.2) is 0 Å². The number of hydrogen-bond acceptors (Lipinski definition) is 5. The van der Waals surface area contributed by atoms with E-state index >= 15 is 0 Å². The van der Waals surface area contributed by atoms with Crippen LogP contribution in [0.5, 0.6) is 5.75 Å². The van der Waals surface area contributed by atoms with Crippen LogP contribution < -0.4 is 10.1 Å². The van der Waals surface area contributed by atoms with Crippen molar-refractivity contribution < 1.29 is 14.1 Å². The number of benzene rings is 1. The summed E-state index contributed by atoms with van der Waals surface area (Å²) in [6.45, 7) is 8.21. The molecule has 0 bridgehead atoms. The minimum absolute atomic E-state index is 0.126. The van der Waals surface area contributed by atoms with E-state index < -0.39 is 0 Å². The number of aromatic nitrogens is 1. The van der Waals surface area contributed by atoms with E-state index in [0.29, 0.717) is 17.9 Å². The van der Waals surface area contributed by atoms with Gasteiger partial charge in [-0.25, -0.2) is 0 Å². The number of carbonyl (C=O) groups is 1. The summed E-state index contributed by atoms with van der Waals surface area (Å²) in [5.74, 6) is 1.33. The highest BCUT2D eigenvalue weighted by molar-refractivity contribution is 7.16. The van der Waals surface area contributed by atoms with Crippen molar-refractivity contribution in [3.05, 3.63) is 63.4 Å². The molecule has 0 fully saturated rings. The van der Waals surface area contributed by atoms with E-state index in [2.05, 4.69) is 10.5 Å². The van der Waals surface area contributed by atoms with Gasteiger partial charge in [-0.15, -0.1) is 11.3 Å². The summed E-state index contributed by atoms with van der Waals surface area (Å²) < 4.78 is 10.9. The molecule has 0 atom stereocenters. The first-order valence-corrected chi connectivity index (χ1v) is 8.78. The normalized spacial score (nSPS) is 10.7. The van der Waals surface area contributed by atoms with Gasteiger partial charge >= 0.3 is 0 Å². The van der Waals surface area contributed by atoms with Crippen LogP contribution in [0.1, 0.15) is 37.8 Å². The van der Waals surface area contributed by atoms with Crippen molar-refractivity contribution in [1.82, 2.24) is 5.16 Å². The van der Waals surface area contributed by atoms with Crippen LogP contribution in [0.3, 0.4) is 0 Å². The van der Waals surface area contributed by atoms with Crippen LogP contribution in [-0.4, -0.2) is 11.1 Å². The minimum atomic E-state index is -0.126. The molecule has 25 heavy (non-hydrogen) atoms. The summed E-state index contributed by atoms with van der Waals surface area (Å²) in [6, 6.07) is 9.08. The third-order valence-corrected chi connectivity index (χ3v) is 5.15. The van der Waals surface area contributed by atoms with Gasteiger partial charge in [0.1, 0.15) is 18.1 Å². The number of aryl methyl sites for hydroxylation is 4. The SMILES string of the molecule is Cc1cc(NC(=O)c2ccc(OCc3c(C)noc3C)cc2)sc1C. The van der Waals surface area contributed by atoms with E-state index in [4.69, 9.17) is 9.26 Å². The molecule has 0 aliphatic rings. The number of nitrogens with zero attached hydrogens (tertiary/aromatic N) is 1. The Morgan fingerprint density at radius 3 is 2.48 bits per heavy atom. The largest absolute Gasteiger partial charge is 0.489 e. The van der Waals surface area contributed by atoms with Crippen molar-refractivity contribution in [1.29, 1.82) is 0 Å². The monoisotopic (exact) mass is 356 g/mol. The number of thiophene rings is 1. The van der Waals surface area contributed by atoms with E-state index in [1.165, 1.54) is 10.4 Å². The Kier molecular flexibility index (Phi) is 4.90. The second-order valence-corrected chi connectivity index (χ2v) is 7.18. The van der Waals surface area contributed by atoms with Crippen LogP contribution >= 0.6 is 11.3 Å². The number of amides is 1. The van der Waals surface area contributed by atoms with E-state index in [0.717, 1.165) is 22.0 Å². The average molecular weight is 356 g/mol. The highest BCUT2D eigenvalue weighted by Gasteiger charge is 2.11. The topological polar surface area (TPSA) is 64.4 Å². The van der Waals surface area contributed by atoms with Gasteiger partial charge in [0.2, 0.25) is 0 Å². The number of nitrogens with one attached hydrogen (secondary N) is 1. The number of ether oxygens (including phenoxy) is 1. The predicted molar refractivity (Wildman–Crippen MR) is 98.5 cm³/mol. The standard InChI is InChI=1S/C19H20N2O3S/c1-11-9-18(25-14(11)4)20-19(22)15-5-7-16(8-6-15)23-10-17-12(2)21-24-13(17)3/h5-9H,10H2,1-4H3,(H,20,22). The molecule has 1 N–H and O–H groups in total. The van der Waals surface area contributed by atoms with Crippen molar-refractivity contribution in [2.45, 2.75) is 34.3 Å². The Morgan fingerprint density at radius 1 is 1.20 bits per heavy atom. The first-order valence-electron chi connectivity index (χ1n) is 7.97. The molecule has 0 saturated heterocycles. The van der Waals surface area contributed by atoms with Gasteiger partial charge in [0, 0.05) is 10.4 Å². The van der Waals surface area contributed by atoms with E-state index in [1.807, 2.05) is 33.8 Å². The molecular weight excluding hydrogens is 336 g/mol. The summed E-state index contributed by atoms with van der Waals surface area (Å²) >= 11 is 1.58. The van der Waals surface area contributed by atoms with E-state index in [9.17, 15) is 4.79 Å². The lowest BCUT2D eigenvalue weighted by molar-refractivity contribution is 0.102. The van der Waals surface area contributed by atoms with Gasteiger partial charge in [0.25, 0.3) is 5.91 Å². The summed E-state index contributed by atoms with van der Waals surface area (Å²) in [5, 5.41) is 7.69. The molecular formula is C19H20N2O3S. The summed E-state index contributed by atoms with van der Waals surface area (Å²) in [4.78, 5) is 13.5. The van der Waals surface area contributed by atoms with Crippen molar-refractivity contribution in [3.63, 3.8) is 0 Å². The van der Waals surface area contributed by atoms with Crippen molar-refractivity contribution in [2.24, 2.45) is 0 Å². The van der Waals surface area contributed by atoms with Crippen LogP contribution in [-0.2, 0) is 6.61 Å². The second-order valence-electron chi connectivity index (χ2n) is 5.92. The number of carbonyl (C=O) groups excluding carboxylic acids is 1. The molecule has 0 aliphatic carbocycles. The Morgan fingerprint density at radius 2 is 1.92 bits per heavy atom. The van der Waals surface area contributed by atoms with Gasteiger partial charge in [-0.05, 0) is 63.6 Å². The third-order valence-electron chi connectivity index (χ3n) is 4.08. The first kappa shape index (κ1) is 17.2. The molecule has 5 nitrogen and oxygen atoms in total. The number of hydrogen-bond donors (Lipinski definition) is 1. The molecule has 0 unspecified atom stereocenters. The van der Waals surface area contributed by atoms with Crippen LogP contribution in [0.2, 0.25) is 0 Å². The Hall–Kier alpha value is -2.60. The van der Waals surface area contributed by atoms with Gasteiger partial charge in [-0.2, -0.15) is 0 Å². The fourth-order valence-electron chi connectivity index (χ4n) is 2.38. The second kappa shape index (κ2) is 7.11. The van der Waals surface area contributed by atoms with E-state index in [1.54, 1.807) is 35.6 Å². The maximum Gasteiger partial charge on any atom is 0.256 e. The maximum atomic E-state index is 12.3. The highest BCUT2D eigenvalue weighted by Crippen LogP contribution is 2.26. The Labute approximate surface area is 150 Å². The van der Waals surface area contributed by atoms with Gasteiger partial charge < -0.3 is 14.6 Å². The first-order chi connectivity index (χ1) is 11.9. The molecule has 1 aromatic carbocycles. The summed E-state index contributed by atoms with van der Waals surface area (Å²) in [5.41, 5.74) is 3.55. The van der Waals surface area contributed by atoms with Gasteiger partial charge in [-0.1, -0.05) is 5.16 Å². The lowest BCUT2D eigenvalue weighted by Gasteiger charge is -2.07. The molecule has 130 valence electrons. The zero-order valence-electron chi connectivity index (χ0n) is 14.7. The Bertz CT molecular complexity index is 855. The zero-order valence-corrected chi connectivity index (χ0v) is 15.5. The fourth-order valence-corrected chi connectivity index (χ4v) is 3.31. The molecule has 3 aromatic rings. The van der Waals surface area contributed by atoms with E-state index in [-0.39, 0.29) is 5.91 Å². The molecule has 0 aliphatic heterocycles. The van der Waals surface area contributed by atoms with Crippen molar-refractivity contribution in [3.8, 4) is 5.75 Å². The van der Waals surface area contributed by atoms with Crippen LogP contribution in [0.25, 0.3) is 0 Å². The smallest absolute Gasteiger partial charge is 0.256 e. The number of rotatable bonds is 5. The molecule has 0 radical (unpaired) electrons. The molecule has 0 spiro atoms. The lowest BCUT2D eigenvalue weighted by atomic mass is 10.2. The van der Waals surface area contributed by atoms with Crippen LogP contribution in [0, 0.1) is 27.7 Å². The van der Waals surface area contributed by atoms with Gasteiger partial charge in [0.05, 0.1) is 16.3 Å². The maximum absolute atomic E-state index is 12.3. The van der Waals surface area contributed by atoms with Gasteiger partial charge in [-0.3, -0.25) is 4.79 Å². The van der Waals surface area contributed by atoms with Crippen LogP contribution in [0.4, 0.5) is 5.00 Å². The minimum Gasteiger partial charge on any atom is -0.489 e. The zero-order chi connectivity index (χ0) is 18.0. The predicted octanol–water partition coefficient (Wildman–Crippen LogP) is 4.80. The van der Waals surface area contributed by atoms with Crippen molar-refractivity contribution >= 4 is 22.2 Å². The fraction of sp³-hybridized carbons (Fsp3) is 0.263. The summed E-state index contributed by atoms with van der Waals surface area (Å²) in [7, 11) is 0. The Balaban J connectivity index is 1.62. The third kappa shape index (κ3) is 3.91. The molecule has 1 amide bonds. The molecule has 2 heterocycles. The van der Waals surface area contributed by atoms with Crippen molar-refractivity contribution in [2.75, 3.05) is 5.32 Å². The average Bonchev–Trinajstić information content (AvgIpc) is 3.07. The number of anilines is 1. The molecule has 2 aromatic heterocycles. The molecule has 0 saturated carbocycles. The van der Waals surface area contributed by atoms with Crippen LogP contribution in [0.15, 0.2) is 34.9 Å². The molecule has 3 rings (SSSR count). The highest BCUT2D eigenvalue weighted by atomic mass is 32.1. The summed E-state index contributed by atoms with van der Waals surface area (Å²) in [6.07, 6.45) is 0.